The maximum Gasteiger partial charge on any atom is 0.241 e. The van der Waals surface area contributed by atoms with Gasteiger partial charge in [-0.3, -0.25) is 0 Å². The first-order valence-electron chi connectivity index (χ1n) is 4.56. The highest BCUT2D eigenvalue weighted by molar-refractivity contribution is 7.89. The van der Waals surface area contributed by atoms with Crippen LogP contribution in [-0.2, 0) is 19.6 Å². The average molecular weight is 241 g/mol. The normalized spacial score (nSPS) is 13.0. The van der Waals surface area contributed by atoms with Crippen molar-refractivity contribution in [2.45, 2.75) is 17.4 Å². The number of sulfonamides is 1. The molecule has 1 aromatic carbocycles. The molecular weight excluding hydrogens is 230 g/mol. The van der Waals surface area contributed by atoms with Gasteiger partial charge in [0.1, 0.15) is 12.6 Å². The molecule has 0 fully saturated rings. The lowest BCUT2D eigenvalue weighted by atomic mass is 10.3. The number of aldehydes is 2. The van der Waals surface area contributed by atoms with E-state index in [9.17, 15) is 18.0 Å². The van der Waals surface area contributed by atoms with Crippen molar-refractivity contribution in [3.05, 3.63) is 30.3 Å². The zero-order valence-corrected chi connectivity index (χ0v) is 9.18. The highest BCUT2D eigenvalue weighted by Gasteiger charge is 2.18. The van der Waals surface area contributed by atoms with Crippen molar-refractivity contribution < 1.29 is 18.0 Å². The van der Waals surface area contributed by atoms with E-state index in [0.717, 1.165) is 0 Å². The number of benzene rings is 1. The molecule has 0 heterocycles. The Morgan fingerprint density at radius 1 is 1.19 bits per heavy atom. The lowest BCUT2D eigenvalue weighted by Gasteiger charge is -2.10. The van der Waals surface area contributed by atoms with Crippen LogP contribution in [0.15, 0.2) is 35.2 Å². The van der Waals surface area contributed by atoms with Gasteiger partial charge >= 0.3 is 0 Å². The number of nitrogens with one attached hydrogen (secondary N) is 1. The van der Waals surface area contributed by atoms with Crippen molar-refractivity contribution >= 4 is 22.6 Å². The molecule has 0 radical (unpaired) electrons. The number of hydrogen-bond acceptors (Lipinski definition) is 4. The lowest BCUT2D eigenvalue weighted by molar-refractivity contribution is -0.113. The molecule has 1 aromatic rings. The van der Waals surface area contributed by atoms with Gasteiger partial charge in [-0.2, -0.15) is 0 Å². The largest absolute Gasteiger partial charge is 0.303 e. The van der Waals surface area contributed by atoms with Crippen LogP contribution in [0, 0.1) is 0 Å². The fraction of sp³-hybridized carbons (Fsp3) is 0.200. The molecule has 0 aliphatic carbocycles. The molecular formula is C10H11NO4S. The van der Waals surface area contributed by atoms with Crippen LogP contribution in [0.5, 0.6) is 0 Å². The Kier molecular flexibility index (Phi) is 4.33. The van der Waals surface area contributed by atoms with Gasteiger partial charge in [0.15, 0.2) is 0 Å². The molecule has 0 bridgehead atoms. The highest BCUT2D eigenvalue weighted by atomic mass is 32.2. The summed E-state index contributed by atoms with van der Waals surface area (Å²) >= 11 is 0. The van der Waals surface area contributed by atoms with Crippen molar-refractivity contribution in [3.8, 4) is 0 Å². The van der Waals surface area contributed by atoms with Crippen molar-refractivity contribution in [1.82, 2.24) is 4.72 Å². The molecule has 0 saturated carbocycles. The first-order chi connectivity index (χ1) is 7.60. The smallest absolute Gasteiger partial charge is 0.241 e. The zero-order valence-electron chi connectivity index (χ0n) is 8.37. The Balaban J connectivity index is 2.87. The minimum Gasteiger partial charge on any atom is -0.303 e. The monoisotopic (exact) mass is 241 g/mol. The van der Waals surface area contributed by atoms with Gasteiger partial charge in [0.25, 0.3) is 0 Å². The molecule has 1 atom stereocenters. The molecule has 86 valence electrons. The molecule has 1 N–H and O–H groups in total. The maximum atomic E-state index is 11.7. The van der Waals surface area contributed by atoms with Crippen LogP contribution in [-0.4, -0.2) is 27.0 Å². The van der Waals surface area contributed by atoms with Crippen LogP contribution in [0.4, 0.5) is 0 Å². The number of carbonyl (C=O) groups excluding carboxylic acids is 2. The summed E-state index contributed by atoms with van der Waals surface area (Å²) < 4.78 is 25.5. The van der Waals surface area contributed by atoms with Gasteiger partial charge in [0.05, 0.1) is 10.9 Å². The summed E-state index contributed by atoms with van der Waals surface area (Å²) in [6.07, 6.45) is 0.719. The van der Waals surface area contributed by atoms with Crippen LogP contribution in [0.1, 0.15) is 6.42 Å². The third-order valence-corrected chi connectivity index (χ3v) is 3.38. The van der Waals surface area contributed by atoms with E-state index in [2.05, 4.69) is 4.72 Å². The number of hydrogen-bond donors (Lipinski definition) is 1. The van der Waals surface area contributed by atoms with Gasteiger partial charge in [-0.25, -0.2) is 13.1 Å². The minimum absolute atomic E-state index is 0.0627. The lowest BCUT2D eigenvalue weighted by Crippen LogP contribution is -2.36. The SMILES string of the molecule is O=CC[C@@H](C=O)NS(=O)(=O)c1ccccc1. The molecule has 0 aliphatic heterocycles. The summed E-state index contributed by atoms with van der Waals surface area (Å²) in [5.74, 6) is 0. The second-order valence-corrected chi connectivity index (χ2v) is 4.79. The summed E-state index contributed by atoms with van der Waals surface area (Å²) in [5.41, 5.74) is 0. The molecule has 0 saturated heterocycles. The molecule has 0 amide bonds. The van der Waals surface area contributed by atoms with E-state index < -0.39 is 16.1 Å². The van der Waals surface area contributed by atoms with Crippen LogP contribution in [0.2, 0.25) is 0 Å². The topological polar surface area (TPSA) is 80.3 Å². The van der Waals surface area contributed by atoms with E-state index in [1.165, 1.54) is 12.1 Å². The van der Waals surface area contributed by atoms with Gasteiger partial charge in [0.2, 0.25) is 10.0 Å². The first kappa shape index (κ1) is 12.5. The summed E-state index contributed by atoms with van der Waals surface area (Å²) in [6.45, 7) is 0. The van der Waals surface area contributed by atoms with Gasteiger partial charge < -0.3 is 9.59 Å². The Morgan fingerprint density at radius 2 is 1.81 bits per heavy atom. The summed E-state index contributed by atoms with van der Waals surface area (Å²) in [5, 5.41) is 0. The minimum atomic E-state index is -3.73. The first-order valence-corrected chi connectivity index (χ1v) is 6.05. The number of carbonyl (C=O) groups is 2. The van der Waals surface area contributed by atoms with Gasteiger partial charge in [-0.1, -0.05) is 18.2 Å². The van der Waals surface area contributed by atoms with E-state index in [4.69, 9.17) is 0 Å². The van der Waals surface area contributed by atoms with Crippen molar-refractivity contribution in [3.63, 3.8) is 0 Å². The molecule has 6 heteroatoms. The highest BCUT2D eigenvalue weighted by Crippen LogP contribution is 2.07. The van der Waals surface area contributed by atoms with Crippen LogP contribution in [0.3, 0.4) is 0 Å². The van der Waals surface area contributed by atoms with Crippen molar-refractivity contribution in [1.29, 1.82) is 0 Å². The zero-order chi connectivity index (χ0) is 12.0. The van der Waals surface area contributed by atoms with Gasteiger partial charge in [-0.05, 0) is 12.1 Å². The third-order valence-electron chi connectivity index (χ3n) is 1.87. The van der Waals surface area contributed by atoms with Crippen LogP contribution in [0.25, 0.3) is 0 Å². The van der Waals surface area contributed by atoms with Gasteiger partial charge in [-0.15, -0.1) is 0 Å². The molecule has 16 heavy (non-hydrogen) atoms. The average Bonchev–Trinajstić information content (AvgIpc) is 2.29. The molecule has 0 unspecified atom stereocenters. The Labute approximate surface area is 93.5 Å². The van der Waals surface area contributed by atoms with E-state index in [1.807, 2.05) is 0 Å². The van der Waals surface area contributed by atoms with Gasteiger partial charge in [0, 0.05) is 6.42 Å². The van der Waals surface area contributed by atoms with Crippen LogP contribution < -0.4 is 4.72 Å². The Bertz CT molecular complexity index is 455. The fourth-order valence-electron chi connectivity index (χ4n) is 1.10. The van der Waals surface area contributed by atoms with E-state index in [0.29, 0.717) is 12.6 Å². The fourth-order valence-corrected chi connectivity index (χ4v) is 2.30. The van der Waals surface area contributed by atoms with Crippen LogP contribution >= 0.6 is 0 Å². The second-order valence-electron chi connectivity index (χ2n) is 3.08. The molecule has 0 aromatic heterocycles. The van der Waals surface area contributed by atoms with E-state index in [1.54, 1.807) is 18.2 Å². The predicted molar refractivity (Wildman–Crippen MR) is 57.3 cm³/mol. The molecule has 0 spiro atoms. The van der Waals surface area contributed by atoms with E-state index in [-0.39, 0.29) is 11.3 Å². The van der Waals surface area contributed by atoms with Crippen molar-refractivity contribution in [2.24, 2.45) is 0 Å². The predicted octanol–water partition coefficient (Wildman–Crippen LogP) is 0.121. The third kappa shape index (κ3) is 3.25. The summed E-state index contributed by atoms with van der Waals surface area (Å²) in [4.78, 5) is 20.8. The Hall–Kier alpha value is -1.53. The second kappa shape index (κ2) is 5.53. The molecule has 0 aliphatic rings. The molecule has 1 rings (SSSR count). The summed E-state index contributed by atoms with van der Waals surface area (Å²) in [6, 6.07) is 6.63. The maximum absolute atomic E-state index is 11.7. The quantitative estimate of drug-likeness (QED) is 0.717. The van der Waals surface area contributed by atoms with E-state index >= 15 is 0 Å². The standard InChI is InChI=1S/C10H11NO4S/c12-7-6-9(8-13)11-16(14,15)10-4-2-1-3-5-10/h1-5,7-9,11H,6H2/t9-/m0/s1. The molecule has 5 nitrogen and oxygen atoms in total. The Morgan fingerprint density at radius 3 is 2.31 bits per heavy atom. The van der Waals surface area contributed by atoms with Crippen molar-refractivity contribution in [2.75, 3.05) is 0 Å². The summed E-state index contributed by atoms with van der Waals surface area (Å²) in [7, 11) is -3.73. The number of rotatable bonds is 6.